The highest BCUT2D eigenvalue weighted by Crippen LogP contribution is 2.15. The van der Waals surface area contributed by atoms with E-state index in [4.69, 9.17) is 5.11 Å². The lowest BCUT2D eigenvalue weighted by Gasteiger charge is -2.18. The average molecular weight is 257 g/mol. The van der Waals surface area contributed by atoms with Gasteiger partial charge < -0.3 is 15.2 Å². The zero-order valence-corrected chi connectivity index (χ0v) is 10.8. The van der Waals surface area contributed by atoms with Gasteiger partial charge in [-0.3, -0.25) is 0 Å². The van der Waals surface area contributed by atoms with Crippen LogP contribution in [0.1, 0.15) is 0 Å². The molecule has 0 saturated carbocycles. The zero-order valence-electron chi connectivity index (χ0n) is 10.8. The standard InChI is InChI=1S/C13H13N.C3H6O2/c1-11-7-5-6-10-13(11)14-12-8-3-2-4-9-12;4-1-3-2-5-3/h2-10,13-14H,1H2;3-4H,1-2H2. The van der Waals surface area contributed by atoms with Gasteiger partial charge in [-0.2, -0.15) is 0 Å². The molecule has 2 atom stereocenters. The summed E-state index contributed by atoms with van der Waals surface area (Å²) in [5, 5.41) is 11.5. The second-order valence-corrected chi connectivity index (χ2v) is 4.44. The fourth-order valence-corrected chi connectivity index (χ4v) is 1.61. The number of allylic oxidation sites excluding steroid dienone is 2. The minimum Gasteiger partial charge on any atom is -0.394 e. The maximum atomic E-state index is 8.08. The molecule has 1 aromatic carbocycles. The second-order valence-electron chi connectivity index (χ2n) is 4.44. The number of hydrogen-bond donors (Lipinski definition) is 2. The molecule has 1 aliphatic carbocycles. The van der Waals surface area contributed by atoms with Gasteiger partial charge in [-0.15, -0.1) is 0 Å². The first-order valence-electron chi connectivity index (χ1n) is 6.37. The number of aliphatic hydroxyl groups is 1. The monoisotopic (exact) mass is 257 g/mol. The molecule has 1 aromatic rings. The van der Waals surface area contributed by atoms with Gasteiger partial charge in [0.2, 0.25) is 0 Å². The van der Waals surface area contributed by atoms with Crippen LogP contribution >= 0.6 is 0 Å². The number of ether oxygens (including phenoxy) is 1. The molecule has 1 fully saturated rings. The lowest BCUT2D eigenvalue weighted by atomic mass is 10.0. The Kier molecular flexibility index (Phi) is 4.95. The highest BCUT2D eigenvalue weighted by atomic mass is 16.6. The van der Waals surface area contributed by atoms with Gasteiger partial charge in [0, 0.05) is 5.69 Å². The van der Waals surface area contributed by atoms with E-state index in [-0.39, 0.29) is 18.8 Å². The Labute approximate surface area is 113 Å². The molecule has 1 heterocycles. The number of aliphatic hydroxyl groups excluding tert-OH is 1. The molecule has 19 heavy (non-hydrogen) atoms. The smallest absolute Gasteiger partial charge is 0.104 e. The second kappa shape index (κ2) is 6.92. The van der Waals surface area contributed by atoms with Gasteiger partial charge >= 0.3 is 0 Å². The normalized spacial score (nSPS) is 23.5. The number of hydrogen-bond acceptors (Lipinski definition) is 3. The van der Waals surface area contributed by atoms with Crippen LogP contribution in [0.2, 0.25) is 0 Å². The van der Waals surface area contributed by atoms with Gasteiger partial charge in [0.05, 0.1) is 19.3 Å². The third-order valence-electron chi connectivity index (χ3n) is 2.83. The number of epoxide rings is 1. The minimum atomic E-state index is 0.190. The van der Waals surface area contributed by atoms with Crippen LogP contribution < -0.4 is 5.32 Å². The van der Waals surface area contributed by atoms with Crippen molar-refractivity contribution < 1.29 is 9.84 Å². The Morgan fingerprint density at radius 1 is 1.26 bits per heavy atom. The van der Waals surface area contributed by atoms with Crippen LogP contribution in [0, 0.1) is 0 Å². The molecule has 1 saturated heterocycles. The molecule has 0 radical (unpaired) electrons. The van der Waals surface area contributed by atoms with Crippen molar-refractivity contribution in [2.24, 2.45) is 0 Å². The number of rotatable bonds is 3. The average Bonchev–Trinajstić information content (AvgIpc) is 3.27. The fourth-order valence-electron chi connectivity index (χ4n) is 1.61. The van der Waals surface area contributed by atoms with E-state index in [9.17, 15) is 0 Å². The molecule has 2 unspecified atom stereocenters. The maximum Gasteiger partial charge on any atom is 0.104 e. The molecule has 0 bridgehead atoms. The number of anilines is 1. The number of nitrogens with one attached hydrogen (secondary N) is 1. The summed E-state index contributed by atoms with van der Waals surface area (Å²) in [5.74, 6) is 0. The van der Waals surface area contributed by atoms with Crippen molar-refractivity contribution in [3.8, 4) is 0 Å². The molecular weight excluding hydrogens is 238 g/mol. The van der Waals surface area contributed by atoms with E-state index < -0.39 is 0 Å². The van der Waals surface area contributed by atoms with Crippen molar-refractivity contribution in [2.45, 2.75) is 12.1 Å². The molecule has 1 aliphatic heterocycles. The molecule has 2 aliphatic rings. The van der Waals surface area contributed by atoms with E-state index in [1.165, 1.54) is 0 Å². The summed E-state index contributed by atoms with van der Waals surface area (Å²) in [6.07, 6.45) is 8.37. The first-order chi connectivity index (χ1) is 9.29. The fraction of sp³-hybridized carbons (Fsp3) is 0.250. The summed E-state index contributed by atoms with van der Waals surface area (Å²) in [7, 11) is 0. The molecule has 2 N–H and O–H groups in total. The summed E-state index contributed by atoms with van der Waals surface area (Å²) in [6.45, 7) is 4.95. The first-order valence-corrected chi connectivity index (χ1v) is 6.37. The Bertz CT molecular complexity index is 461. The molecule has 3 rings (SSSR count). The SMILES string of the molecule is C=C1C=CC=CC1Nc1ccccc1.OCC1CO1. The summed E-state index contributed by atoms with van der Waals surface area (Å²) < 4.78 is 4.61. The third kappa shape index (κ3) is 4.73. The van der Waals surface area contributed by atoms with Crippen LogP contribution in [0.5, 0.6) is 0 Å². The molecular formula is C16H19NO2. The molecule has 3 nitrogen and oxygen atoms in total. The van der Waals surface area contributed by atoms with Crippen molar-refractivity contribution in [1.82, 2.24) is 0 Å². The van der Waals surface area contributed by atoms with Crippen molar-refractivity contribution >= 4 is 5.69 Å². The highest BCUT2D eigenvalue weighted by Gasteiger charge is 2.19. The predicted octanol–water partition coefficient (Wildman–Crippen LogP) is 2.53. The minimum absolute atomic E-state index is 0.190. The lowest BCUT2D eigenvalue weighted by molar-refractivity contribution is 0.244. The van der Waals surface area contributed by atoms with E-state index >= 15 is 0 Å². The van der Waals surface area contributed by atoms with Crippen molar-refractivity contribution in [1.29, 1.82) is 0 Å². The molecule has 100 valence electrons. The van der Waals surface area contributed by atoms with Crippen LogP contribution in [-0.2, 0) is 4.74 Å². The number of para-hydroxylation sites is 1. The summed E-state index contributed by atoms with van der Waals surface area (Å²) >= 11 is 0. The zero-order chi connectivity index (χ0) is 13.5. The summed E-state index contributed by atoms with van der Waals surface area (Å²) in [4.78, 5) is 0. The third-order valence-corrected chi connectivity index (χ3v) is 2.83. The highest BCUT2D eigenvalue weighted by molar-refractivity contribution is 5.49. The van der Waals surface area contributed by atoms with Crippen LogP contribution in [0.15, 0.2) is 66.8 Å². The van der Waals surface area contributed by atoms with Crippen LogP contribution in [-0.4, -0.2) is 30.5 Å². The van der Waals surface area contributed by atoms with Crippen LogP contribution in [0.4, 0.5) is 5.69 Å². The van der Waals surface area contributed by atoms with Crippen LogP contribution in [0.25, 0.3) is 0 Å². The maximum absolute atomic E-state index is 8.08. The molecule has 0 aromatic heterocycles. The van der Waals surface area contributed by atoms with Gasteiger partial charge in [0.25, 0.3) is 0 Å². The number of benzene rings is 1. The van der Waals surface area contributed by atoms with Crippen molar-refractivity contribution in [3.05, 3.63) is 66.8 Å². The Morgan fingerprint density at radius 2 is 2.00 bits per heavy atom. The van der Waals surface area contributed by atoms with Crippen LogP contribution in [0.3, 0.4) is 0 Å². The lowest BCUT2D eigenvalue weighted by Crippen LogP contribution is -2.19. The van der Waals surface area contributed by atoms with E-state index in [2.05, 4.69) is 34.8 Å². The van der Waals surface area contributed by atoms with Crippen molar-refractivity contribution in [2.75, 3.05) is 18.5 Å². The first kappa shape index (κ1) is 13.6. The molecule has 0 spiro atoms. The van der Waals surface area contributed by atoms with E-state index in [1.54, 1.807) is 0 Å². The van der Waals surface area contributed by atoms with Gasteiger partial charge in [0.15, 0.2) is 0 Å². The van der Waals surface area contributed by atoms with Gasteiger partial charge in [0.1, 0.15) is 6.10 Å². The Morgan fingerprint density at radius 3 is 2.53 bits per heavy atom. The topological polar surface area (TPSA) is 44.8 Å². The van der Waals surface area contributed by atoms with Gasteiger partial charge in [-0.05, 0) is 17.7 Å². The summed E-state index contributed by atoms with van der Waals surface area (Å²) in [6, 6.07) is 10.4. The van der Waals surface area contributed by atoms with E-state index in [0.717, 1.165) is 17.9 Å². The Hall–Kier alpha value is -1.84. The van der Waals surface area contributed by atoms with E-state index in [1.807, 2.05) is 36.4 Å². The Balaban J connectivity index is 0.000000224. The molecule has 0 amide bonds. The summed E-state index contributed by atoms with van der Waals surface area (Å²) in [5.41, 5.74) is 2.22. The van der Waals surface area contributed by atoms with Gasteiger partial charge in [-0.1, -0.05) is 49.1 Å². The van der Waals surface area contributed by atoms with Crippen molar-refractivity contribution in [3.63, 3.8) is 0 Å². The van der Waals surface area contributed by atoms with E-state index in [0.29, 0.717) is 0 Å². The molecule has 3 heteroatoms. The quantitative estimate of drug-likeness (QED) is 0.818. The predicted molar refractivity (Wildman–Crippen MR) is 78.1 cm³/mol. The largest absolute Gasteiger partial charge is 0.394 e. The van der Waals surface area contributed by atoms with Gasteiger partial charge in [-0.25, -0.2) is 0 Å².